The molecule has 0 N–H and O–H groups in total. The highest BCUT2D eigenvalue weighted by atomic mass is 32.2. The summed E-state index contributed by atoms with van der Waals surface area (Å²) in [5.74, 6) is 2.08. The minimum absolute atomic E-state index is 0.0798. The number of hydrogen-bond acceptors (Lipinski definition) is 7. The highest BCUT2D eigenvalue weighted by Crippen LogP contribution is 2.36. The number of thioether (sulfide) groups is 2. The lowest BCUT2D eigenvalue weighted by atomic mass is 9.99. The lowest BCUT2D eigenvalue weighted by Gasteiger charge is -2.17. The number of hydrogen-bond donors (Lipinski definition) is 0. The SMILES string of the molecule is COc1ccc(CSc2nnc(S[C@@H]3CCCCC3=O)s2)cc1. The fourth-order valence-electron chi connectivity index (χ4n) is 2.37. The number of rotatable bonds is 6. The molecule has 0 spiro atoms. The molecule has 0 radical (unpaired) electrons. The first-order chi connectivity index (χ1) is 11.2. The second kappa shape index (κ2) is 8.17. The number of carbonyl (C=O) groups is 1. The molecular weight excluding hydrogens is 348 g/mol. The normalized spacial score (nSPS) is 18.1. The summed E-state index contributed by atoms with van der Waals surface area (Å²) < 4.78 is 7.01. The number of ketones is 1. The van der Waals surface area contributed by atoms with E-state index in [2.05, 4.69) is 22.3 Å². The van der Waals surface area contributed by atoms with Crippen molar-refractivity contribution >= 4 is 40.6 Å². The summed E-state index contributed by atoms with van der Waals surface area (Å²) in [5, 5.41) is 8.53. The molecule has 1 aliphatic carbocycles. The Morgan fingerprint density at radius 3 is 2.74 bits per heavy atom. The van der Waals surface area contributed by atoms with E-state index in [0.717, 1.165) is 45.9 Å². The van der Waals surface area contributed by atoms with E-state index in [1.54, 1.807) is 42.0 Å². The molecule has 1 heterocycles. The molecule has 0 bridgehead atoms. The van der Waals surface area contributed by atoms with E-state index < -0.39 is 0 Å². The van der Waals surface area contributed by atoms with E-state index in [-0.39, 0.29) is 5.25 Å². The third-order valence-corrected chi connectivity index (χ3v) is 7.18. The van der Waals surface area contributed by atoms with E-state index in [1.165, 1.54) is 5.56 Å². The zero-order chi connectivity index (χ0) is 16.1. The maximum Gasteiger partial charge on any atom is 0.175 e. The molecule has 1 saturated carbocycles. The minimum Gasteiger partial charge on any atom is -0.497 e. The smallest absolute Gasteiger partial charge is 0.175 e. The Kier molecular flexibility index (Phi) is 5.96. The van der Waals surface area contributed by atoms with Crippen LogP contribution in [0.3, 0.4) is 0 Å². The fourth-order valence-corrected chi connectivity index (χ4v) is 5.71. The van der Waals surface area contributed by atoms with Gasteiger partial charge in [-0.05, 0) is 30.5 Å². The zero-order valence-electron chi connectivity index (χ0n) is 12.9. The Morgan fingerprint density at radius 1 is 1.22 bits per heavy atom. The quantitative estimate of drug-likeness (QED) is 0.704. The van der Waals surface area contributed by atoms with Gasteiger partial charge < -0.3 is 4.74 Å². The van der Waals surface area contributed by atoms with E-state index in [4.69, 9.17) is 4.74 Å². The number of nitrogens with zero attached hydrogens (tertiary/aromatic N) is 2. The predicted octanol–water partition coefficient (Wildman–Crippen LogP) is 4.44. The molecule has 122 valence electrons. The molecule has 0 amide bonds. The van der Waals surface area contributed by atoms with Gasteiger partial charge in [0.05, 0.1) is 12.4 Å². The van der Waals surface area contributed by atoms with E-state index >= 15 is 0 Å². The monoisotopic (exact) mass is 366 g/mol. The topological polar surface area (TPSA) is 52.1 Å². The third kappa shape index (κ3) is 4.71. The van der Waals surface area contributed by atoms with Gasteiger partial charge in [-0.25, -0.2) is 0 Å². The van der Waals surface area contributed by atoms with Gasteiger partial charge in [-0.2, -0.15) is 0 Å². The van der Waals surface area contributed by atoms with Crippen LogP contribution in [0.15, 0.2) is 32.9 Å². The number of methoxy groups -OCH3 is 1. The molecule has 23 heavy (non-hydrogen) atoms. The van der Waals surface area contributed by atoms with Crippen LogP contribution in [0.4, 0.5) is 0 Å². The van der Waals surface area contributed by atoms with Gasteiger partial charge in [-0.1, -0.05) is 53.4 Å². The average molecular weight is 367 g/mol. The summed E-state index contributed by atoms with van der Waals surface area (Å²) in [4.78, 5) is 11.9. The molecule has 1 fully saturated rings. The van der Waals surface area contributed by atoms with Gasteiger partial charge in [0, 0.05) is 12.2 Å². The standard InChI is InChI=1S/C16H18N2O2S3/c1-20-12-8-6-11(7-9-12)10-21-15-17-18-16(23-15)22-14-5-3-2-4-13(14)19/h6-9,14H,2-5,10H2,1H3/t14-/m1/s1. The number of carbonyl (C=O) groups excluding carboxylic acids is 1. The molecular formula is C16H18N2O2S3. The van der Waals surface area contributed by atoms with E-state index in [9.17, 15) is 4.79 Å². The van der Waals surface area contributed by atoms with Crippen molar-refractivity contribution in [3.05, 3.63) is 29.8 Å². The molecule has 1 aromatic heterocycles. The zero-order valence-corrected chi connectivity index (χ0v) is 15.3. The lowest BCUT2D eigenvalue weighted by Crippen LogP contribution is -2.21. The van der Waals surface area contributed by atoms with Crippen molar-refractivity contribution in [1.82, 2.24) is 10.2 Å². The van der Waals surface area contributed by atoms with Gasteiger partial charge in [-0.15, -0.1) is 10.2 Å². The van der Waals surface area contributed by atoms with Crippen molar-refractivity contribution < 1.29 is 9.53 Å². The largest absolute Gasteiger partial charge is 0.497 e. The highest BCUT2D eigenvalue weighted by molar-refractivity contribution is 8.03. The number of benzene rings is 1. The lowest BCUT2D eigenvalue weighted by molar-refractivity contribution is -0.119. The number of Topliss-reactive ketones (excluding diaryl/α,β-unsaturated/α-hetero) is 1. The van der Waals surface area contributed by atoms with Crippen molar-refractivity contribution in [3.8, 4) is 5.75 Å². The highest BCUT2D eigenvalue weighted by Gasteiger charge is 2.24. The maximum absolute atomic E-state index is 11.9. The van der Waals surface area contributed by atoms with Crippen molar-refractivity contribution in [2.75, 3.05) is 7.11 Å². The van der Waals surface area contributed by atoms with Crippen LogP contribution in [0.2, 0.25) is 0 Å². The minimum atomic E-state index is 0.0798. The average Bonchev–Trinajstić information content (AvgIpc) is 3.03. The molecule has 7 heteroatoms. The van der Waals surface area contributed by atoms with Gasteiger partial charge in [0.25, 0.3) is 0 Å². The van der Waals surface area contributed by atoms with Crippen LogP contribution in [0.1, 0.15) is 31.2 Å². The molecule has 2 aromatic rings. The fraction of sp³-hybridized carbons (Fsp3) is 0.438. The second-order valence-electron chi connectivity index (χ2n) is 5.29. The summed E-state index contributed by atoms with van der Waals surface area (Å²) >= 11 is 4.84. The Morgan fingerprint density at radius 2 is 2.00 bits per heavy atom. The third-order valence-electron chi connectivity index (χ3n) is 3.65. The first-order valence-electron chi connectivity index (χ1n) is 7.53. The number of ether oxygens (including phenoxy) is 1. The molecule has 1 atom stereocenters. The molecule has 0 unspecified atom stereocenters. The first-order valence-corrected chi connectivity index (χ1v) is 10.2. The Balaban J connectivity index is 1.53. The van der Waals surface area contributed by atoms with E-state index in [1.807, 2.05) is 12.1 Å². The van der Waals surface area contributed by atoms with Crippen LogP contribution >= 0.6 is 34.9 Å². The van der Waals surface area contributed by atoms with Crippen molar-refractivity contribution in [1.29, 1.82) is 0 Å². The summed E-state index contributed by atoms with van der Waals surface area (Å²) in [5.41, 5.74) is 1.22. The predicted molar refractivity (Wildman–Crippen MR) is 95.6 cm³/mol. The van der Waals surface area contributed by atoms with Gasteiger partial charge in [0.15, 0.2) is 8.68 Å². The van der Waals surface area contributed by atoms with Crippen molar-refractivity contribution in [2.24, 2.45) is 0 Å². The second-order valence-corrected chi connectivity index (χ2v) is 8.94. The van der Waals surface area contributed by atoms with Crippen LogP contribution in [0, 0.1) is 0 Å². The van der Waals surface area contributed by atoms with Gasteiger partial charge in [0.1, 0.15) is 11.5 Å². The molecule has 1 aromatic carbocycles. The van der Waals surface area contributed by atoms with Crippen LogP contribution in [0.5, 0.6) is 5.75 Å². The van der Waals surface area contributed by atoms with Gasteiger partial charge in [-0.3, -0.25) is 4.79 Å². The molecule has 0 aliphatic heterocycles. The van der Waals surface area contributed by atoms with Gasteiger partial charge >= 0.3 is 0 Å². The first kappa shape index (κ1) is 16.8. The van der Waals surface area contributed by atoms with Crippen LogP contribution in [0.25, 0.3) is 0 Å². The molecule has 3 rings (SSSR count). The maximum atomic E-state index is 11.9. The summed E-state index contributed by atoms with van der Waals surface area (Å²) in [6.45, 7) is 0. The van der Waals surface area contributed by atoms with E-state index in [0.29, 0.717) is 5.78 Å². The number of aromatic nitrogens is 2. The summed E-state index contributed by atoms with van der Waals surface area (Å²) in [6.07, 6.45) is 3.86. The summed E-state index contributed by atoms with van der Waals surface area (Å²) in [7, 11) is 1.67. The van der Waals surface area contributed by atoms with Crippen LogP contribution in [-0.2, 0) is 10.5 Å². The van der Waals surface area contributed by atoms with Gasteiger partial charge in [0.2, 0.25) is 0 Å². The Labute approximate surface area is 148 Å². The molecule has 0 saturated heterocycles. The molecule has 1 aliphatic rings. The van der Waals surface area contributed by atoms with Crippen molar-refractivity contribution in [2.45, 2.75) is 45.4 Å². The summed E-state index contributed by atoms with van der Waals surface area (Å²) in [6, 6.07) is 8.05. The molecule has 4 nitrogen and oxygen atoms in total. The van der Waals surface area contributed by atoms with Crippen LogP contribution in [-0.4, -0.2) is 28.3 Å². The van der Waals surface area contributed by atoms with Crippen LogP contribution < -0.4 is 4.74 Å². The Bertz CT molecular complexity index is 658. The Hall–Kier alpha value is -1.05. The van der Waals surface area contributed by atoms with Crippen molar-refractivity contribution in [3.63, 3.8) is 0 Å².